The van der Waals surface area contributed by atoms with Crippen molar-refractivity contribution in [2.75, 3.05) is 20.1 Å². The lowest BCUT2D eigenvalue weighted by Crippen LogP contribution is -2.54. The van der Waals surface area contributed by atoms with E-state index in [-0.39, 0.29) is 0 Å². The number of nitrogens with one attached hydrogen (secondary N) is 1. The molecule has 0 atom stereocenters. The van der Waals surface area contributed by atoms with Gasteiger partial charge in [0.05, 0.1) is 5.54 Å². The molecule has 0 aromatic rings. The summed E-state index contributed by atoms with van der Waals surface area (Å²) in [5.41, 5.74) is 5.25. The lowest BCUT2D eigenvalue weighted by molar-refractivity contribution is -0.143. The molecule has 1 heterocycles. The first-order chi connectivity index (χ1) is 9.40. The molecule has 2 rings (SSSR count). The van der Waals surface area contributed by atoms with E-state index >= 15 is 0 Å². The Balaban J connectivity index is 2.00. The summed E-state index contributed by atoms with van der Waals surface area (Å²) in [4.78, 5) is 47.9. The Kier molecular flexibility index (Phi) is 3.76. The van der Waals surface area contributed by atoms with Gasteiger partial charge in [-0.1, -0.05) is 12.8 Å². The van der Waals surface area contributed by atoms with Crippen LogP contribution in [-0.2, 0) is 14.4 Å². The fourth-order valence-electron chi connectivity index (χ4n) is 2.66. The van der Waals surface area contributed by atoms with Crippen LogP contribution < -0.4 is 11.1 Å². The number of rotatable bonds is 4. The van der Waals surface area contributed by atoms with Gasteiger partial charge >= 0.3 is 17.8 Å². The van der Waals surface area contributed by atoms with Crippen molar-refractivity contribution < 1.29 is 19.2 Å². The zero-order valence-corrected chi connectivity index (χ0v) is 11.3. The minimum atomic E-state index is -0.971. The smallest absolute Gasteiger partial charge is 0.334 e. The van der Waals surface area contributed by atoms with Crippen LogP contribution >= 0.6 is 0 Å². The average molecular weight is 282 g/mol. The van der Waals surface area contributed by atoms with Crippen molar-refractivity contribution in [1.29, 1.82) is 0 Å². The summed E-state index contributed by atoms with van der Waals surface area (Å²) in [7, 11) is 1.21. The molecular formula is C12H18N4O4. The summed E-state index contributed by atoms with van der Waals surface area (Å²) in [5, 5.41) is 2.80. The third kappa shape index (κ3) is 2.38. The van der Waals surface area contributed by atoms with Gasteiger partial charge in [0, 0.05) is 13.6 Å². The maximum atomic E-state index is 12.0. The molecule has 0 bridgehead atoms. The van der Waals surface area contributed by atoms with Crippen molar-refractivity contribution in [3.63, 3.8) is 0 Å². The molecule has 2 fully saturated rings. The number of nitrogens with two attached hydrogens (primary N) is 1. The van der Waals surface area contributed by atoms with E-state index in [0.717, 1.165) is 25.7 Å². The van der Waals surface area contributed by atoms with E-state index in [2.05, 4.69) is 5.32 Å². The topological polar surface area (TPSA) is 113 Å². The van der Waals surface area contributed by atoms with E-state index in [4.69, 9.17) is 5.73 Å². The van der Waals surface area contributed by atoms with Crippen LogP contribution in [0.25, 0.3) is 0 Å². The van der Waals surface area contributed by atoms with Crippen LogP contribution in [0.3, 0.4) is 0 Å². The van der Waals surface area contributed by atoms with Gasteiger partial charge in [-0.2, -0.15) is 0 Å². The third-order valence-corrected chi connectivity index (χ3v) is 3.91. The molecule has 20 heavy (non-hydrogen) atoms. The second-order valence-electron chi connectivity index (χ2n) is 5.28. The van der Waals surface area contributed by atoms with Gasteiger partial charge in [-0.15, -0.1) is 0 Å². The monoisotopic (exact) mass is 282 g/mol. The second kappa shape index (κ2) is 5.20. The molecule has 8 heteroatoms. The standard InChI is InChI=1S/C12H18N4O4/c1-15-9(18)10(19)16(11(15)20)6-8(17)14-12(7-13)4-2-3-5-12/h2-7,13H2,1H3,(H,14,17). The normalized spacial score (nSPS) is 21.8. The number of imide groups is 2. The van der Waals surface area contributed by atoms with E-state index in [1.165, 1.54) is 7.05 Å². The minimum Gasteiger partial charge on any atom is -0.348 e. The lowest BCUT2D eigenvalue weighted by Gasteiger charge is -2.29. The van der Waals surface area contributed by atoms with Crippen molar-refractivity contribution in [3.8, 4) is 0 Å². The molecular weight excluding hydrogens is 264 g/mol. The van der Waals surface area contributed by atoms with Gasteiger partial charge in [0.2, 0.25) is 5.91 Å². The molecule has 0 aromatic carbocycles. The van der Waals surface area contributed by atoms with Gasteiger partial charge in [-0.25, -0.2) is 9.69 Å². The van der Waals surface area contributed by atoms with E-state index in [1.54, 1.807) is 0 Å². The predicted molar refractivity (Wildman–Crippen MR) is 68.3 cm³/mol. The van der Waals surface area contributed by atoms with Crippen molar-refractivity contribution >= 4 is 23.8 Å². The first kappa shape index (κ1) is 14.4. The van der Waals surface area contributed by atoms with Crippen molar-refractivity contribution in [2.24, 2.45) is 5.73 Å². The summed E-state index contributed by atoms with van der Waals surface area (Å²) in [6.45, 7) is -0.130. The Morgan fingerprint density at radius 3 is 2.30 bits per heavy atom. The van der Waals surface area contributed by atoms with Gasteiger partial charge in [-0.05, 0) is 12.8 Å². The van der Waals surface area contributed by atoms with Crippen LogP contribution in [0.1, 0.15) is 25.7 Å². The summed E-state index contributed by atoms with van der Waals surface area (Å²) in [6, 6.07) is -0.775. The Bertz CT molecular complexity index is 470. The maximum Gasteiger partial charge on any atom is 0.334 e. The van der Waals surface area contributed by atoms with Crippen LogP contribution in [0.2, 0.25) is 0 Å². The maximum absolute atomic E-state index is 12.0. The van der Waals surface area contributed by atoms with Crippen LogP contribution in [0.15, 0.2) is 0 Å². The summed E-state index contributed by atoms with van der Waals surface area (Å²) in [6.07, 6.45) is 3.55. The van der Waals surface area contributed by atoms with E-state index in [9.17, 15) is 19.2 Å². The fourth-order valence-corrected chi connectivity index (χ4v) is 2.66. The molecule has 0 radical (unpaired) electrons. The first-order valence-corrected chi connectivity index (χ1v) is 6.55. The zero-order chi connectivity index (χ0) is 14.9. The Morgan fingerprint density at radius 2 is 1.85 bits per heavy atom. The number of carbonyl (C=O) groups excluding carboxylic acids is 4. The van der Waals surface area contributed by atoms with Crippen LogP contribution in [0, 0.1) is 0 Å². The molecule has 5 amide bonds. The molecule has 1 aliphatic heterocycles. The summed E-state index contributed by atoms with van der Waals surface area (Å²) >= 11 is 0. The van der Waals surface area contributed by atoms with Gasteiger partial charge < -0.3 is 11.1 Å². The summed E-state index contributed by atoms with van der Waals surface area (Å²) < 4.78 is 0. The highest BCUT2D eigenvalue weighted by Crippen LogP contribution is 2.28. The van der Waals surface area contributed by atoms with Crippen LogP contribution in [0.5, 0.6) is 0 Å². The quantitative estimate of drug-likeness (QED) is 0.496. The van der Waals surface area contributed by atoms with Crippen molar-refractivity contribution in [1.82, 2.24) is 15.1 Å². The molecule has 1 saturated heterocycles. The zero-order valence-electron chi connectivity index (χ0n) is 11.3. The molecule has 0 unspecified atom stereocenters. The molecule has 1 aliphatic carbocycles. The SMILES string of the molecule is CN1C(=O)C(=O)N(CC(=O)NC2(CN)CCCC2)C1=O. The van der Waals surface area contributed by atoms with E-state index in [0.29, 0.717) is 16.3 Å². The Morgan fingerprint density at radius 1 is 1.25 bits per heavy atom. The number of urea groups is 1. The second-order valence-corrected chi connectivity index (χ2v) is 5.28. The molecule has 110 valence electrons. The number of carbonyl (C=O) groups is 4. The molecule has 1 saturated carbocycles. The number of hydrogen-bond acceptors (Lipinski definition) is 5. The van der Waals surface area contributed by atoms with Crippen molar-refractivity contribution in [2.45, 2.75) is 31.2 Å². The highest BCUT2D eigenvalue weighted by Gasteiger charge is 2.44. The van der Waals surface area contributed by atoms with Gasteiger partial charge in [0.25, 0.3) is 0 Å². The predicted octanol–water partition coefficient (Wildman–Crippen LogP) is -1.21. The first-order valence-electron chi connectivity index (χ1n) is 6.55. The largest absolute Gasteiger partial charge is 0.348 e. The van der Waals surface area contributed by atoms with Crippen LogP contribution in [-0.4, -0.2) is 59.2 Å². The van der Waals surface area contributed by atoms with E-state index in [1.807, 2.05) is 0 Å². The molecule has 2 aliphatic rings. The lowest BCUT2D eigenvalue weighted by atomic mass is 9.98. The fraction of sp³-hybridized carbons (Fsp3) is 0.667. The van der Waals surface area contributed by atoms with Crippen LogP contribution in [0.4, 0.5) is 4.79 Å². The third-order valence-electron chi connectivity index (χ3n) is 3.91. The van der Waals surface area contributed by atoms with E-state index < -0.39 is 35.8 Å². The Labute approximate surface area is 116 Å². The molecule has 3 N–H and O–H groups in total. The number of hydrogen-bond donors (Lipinski definition) is 2. The minimum absolute atomic E-state index is 0.319. The number of likely N-dealkylation sites (N-methyl/N-ethyl adjacent to an activating group) is 1. The van der Waals surface area contributed by atoms with Gasteiger partial charge in [0.15, 0.2) is 0 Å². The highest BCUT2D eigenvalue weighted by molar-refractivity contribution is 6.44. The van der Waals surface area contributed by atoms with Crippen molar-refractivity contribution in [3.05, 3.63) is 0 Å². The number of amides is 5. The number of nitrogens with zero attached hydrogens (tertiary/aromatic N) is 2. The molecule has 0 spiro atoms. The molecule has 0 aromatic heterocycles. The highest BCUT2D eigenvalue weighted by atomic mass is 16.2. The molecule has 8 nitrogen and oxygen atoms in total. The Hall–Kier alpha value is -1.96. The summed E-state index contributed by atoms with van der Waals surface area (Å²) in [5.74, 6) is -2.36. The average Bonchev–Trinajstić information content (AvgIpc) is 2.96. The van der Waals surface area contributed by atoms with Gasteiger partial charge in [0.1, 0.15) is 6.54 Å². The van der Waals surface area contributed by atoms with Gasteiger partial charge in [-0.3, -0.25) is 19.3 Å².